The van der Waals surface area contributed by atoms with Crippen molar-refractivity contribution in [3.63, 3.8) is 0 Å². The van der Waals surface area contributed by atoms with Gasteiger partial charge >= 0.3 is 0 Å². The Bertz CT molecular complexity index is 109. The predicted molar refractivity (Wildman–Crippen MR) is 54.4 cm³/mol. The van der Waals surface area contributed by atoms with E-state index in [4.69, 9.17) is 4.74 Å². The Morgan fingerprint density at radius 3 is 1.50 bits per heavy atom. The summed E-state index contributed by atoms with van der Waals surface area (Å²) >= 11 is 0. The molecular weight excluding hydrogens is 148 g/mol. The highest BCUT2D eigenvalue weighted by Crippen LogP contribution is 2.34. The number of hydrogen-bond acceptors (Lipinski definition) is 1. The van der Waals surface area contributed by atoms with Crippen molar-refractivity contribution in [2.24, 2.45) is 5.41 Å². The van der Waals surface area contributed by atoms with Gasteiger partial charge in [-0.25, -0.2) is 0 Å². The fourth-order valence-corrected chi connectivity index (χ4v) is 1.83. The molecule has 1 nitrogen and oxygen atoms in total. The van der Waals surface area contributed by atoms with Crippen molar-refractivity contribution in [1.29, 1.82) is 0 Å². The first kappa shape index (κ1) is 12.0. The minimum Gasteiger partial charge on any atom is -0.378 e. The Balaban J connectivity index is 4.30. The molecule has 0 aromatic rings. The predicted octanol–water partition coefficient (Wildman–Crippen LogP) is 3.63. The van der Waals surface area contributed by atoms with Crippen molar-refractivity contribution in [2.45, 2.75) is 59.5 Å². The van der Waals surface area contributed by atoms with E-state index < -0.39 is 0 Å². The van der Waals surface area contributed by atoms with Gasteiger partial charge in [-0.15, -0.1) is 0 Å². The first-order valence-electron chi connectivity index (χ1n) is 4.94. The summed E-state index contributed by atoms with van der Waals surface area (Å²) in [6, 6.07) is 0. The van der Waals surface area contributed by atoms with Crippen LogP contribution in [0.1, 0.15) is 53.9 Å². The molecule has 0 aliphatic carbocycles. The summed E-state index contributed by atoms with van der Waals surface area (Å²) in [7, 11) is 1.83. The zero-order valence-electron chi connectivity index (χ0n) is 9.53. The maximum atomic E-state index is 5.61. The van der Waals surface area contributed by atoms with E-state index in [1.165, 1.54) is 0 Å². The molecule has 12 heavy (non-hydrogen) atoms. The highest BCUT2D eigenvalue weighted by atomic mass is 16.5. The van der Waals surface area contributed by atoms with E-state index in [1.807, 2.05) is 7.11 Å². The number of rotatable bonds is 4. The van der Waals surface area contributed by atoms with E-state index in [2.05, 4.69) is 34.6 Å². The van der Waals surface area contributed by atoms with Crippen LogP contribution in [-0.2, 0) is 4.74 Å². The zero-order valence-corrected chi connectivity index (χ0v) is 9.53. The average molecular weight is 172 g/mol. The highest BCUT2D eigenvalue weighted by molar-refractivity contribution is 4.82. The van der Waals surface area contributed by atoms with Gasteiger partial charge in [-0.05, 0) is 24.7 Å². The van der Waals surface area contributed by atoms with Crippen LogP contribution in [0.25, 0.3) is 0 Å². The van der Waals surface area contributed by atoms with Crippen molar-refractivity contribution in [1.82, 2.24) is 0 Å². The lowest BCUT2D eigenvalue weighted by Crippen LogP contribution is -2.34. The van der Waals surface area contributed by atoms with Crippen LogP contribution >= 0.6 is 0 Å². The van der Waals surface area contributed by atoms with Crippen molar-refractivity contribution in [2.75, 3.05) is 7.11 Å². The third-order valence-electron chi connectivity index (χ3n) is 2.57. The second-order valence-corrected chi connectivity index (χ2v) is 4.83. The molecule has 0 fully saturated rings. The molecule has 0 bridgehead atoms. The molecule has 0 aromatic carbocycles. The first-order chi connectivity index (χ1) is 5.39. The topological polar surface area (TPSA) is 9.23 Å². The van der Waals surface area contributed by atoms with Crippen molar-refractivity contribution < 1.29 is 4.74 Å². The summed E-state index contributed by atoms with van der Waals surface area (Å²) in [4.78, 5) is 0. The molecule has 0 saturated heterocycles. The van der Waals surface area contributed by atoms with Gasteiger partial charge in [0.25, 0.3) is 0 Å². The van der Waals surface area contributed by atoms with E-state index in [-0.39, 0.29) is 5.60 Å². The third kappa shape index (κ3) is 3.57. The summed E-state index contributed by atoms with van der Waals surface area (Å²) in [6.07, 6.45) is 3.36. The molecule has 0 atom stereocenters. The Hall–Kier alpha value is -0.0400. The maximum absolute atomic E-state index is 5.61. The lowest BCUT2D eigenvalue weighted by atomic mass is 9.79. The molecule has 0 amide bonds. The minimum absolute atomic E-state index is 0.109. The van der Waals surface area contributed by atoms with Crippen LogP contribution in [0.3, 0.4) is 0 Å². The third-order valence-corrected chi connectivity index (χ3v) is 2.57. The molecule has 0 aliphatic heterocycles. The molecule has 0 rings (SSSR count). The van der Waals surface area contributed by atoms with E-state index >= 15 is 0 Å². The SMILES string of the molecule is CCC(CC)(CC(C)(C)C)OC. The Morgan fingerprint density at radius 2 is 1.42 bits per heavy atom. The molecule has 74 valence electrons. The van der Waals surface area contributed by atoms with Crippen molar-refractivity contribution in [3.05, 3.63) is 0 Å². The van der Waals surface area contributed by atoms with Gasteiger partial charge in [-0.3, -0.25) is 0 Å². The fourth-order valence-electron chi connectivity index (χ4n) is 1.83. The highest BCUT2D eigenvalue weighted by Gasteiger charge is 2.30. The van der Waals surface area contributed by atoms with Gasteiger partial charge in [0.15, 0.2) is 0 Å². The molecule has 0 radical (unpaired) electrons. The monoisotopic (exact) mass is 172 g/mol. The lowest BCUT2D eigenvalue weighted by Gasteiger charge is -2.36. The van der Waals surface area contributed by atoms with Gasteiger partial charge in [0, 0.05) is 7.11 Å². The van der Waals surface area contributed by atoms with Crippen LogP contribution in [0, 0.1) is 5.41 Å². The van der Waals surface area contributed by atoms with Gasteiger partial charge in [0.1, 0.15) is 0 Å². The molecule has 0 N–H and O–H groups in total. The number of methoxy groups -OCH3 is 1. The summed E-state index contributed by atoms with van der Waals surface area (Å²) in [5.74, 6) is 0. The maximum Gasteiger partial charge on any atom is 0.0678 e. The van der Waals surface area contributed by atoms with E-state index in [1.54, 1.807) is 0 Å². The second kappa shape index (κ2) is 4.27. The van der Waals surface area contributed by atoms with Crippen molar-refractivity contribution in [3.8, 4) is 0 Å². The second-order valence-electron chi connectivity index (χ2n) is 4.83. The van der Waals surface area contributed by atoms with Gasteiger partial charge in [0.05, 0.1) is 5.60 Å². The quantitative estimate of drug-likeness (QED) is 0.629. The number of ether oxygens (including phenoxy) is 1. The molecule has 0 aromatic heterocycles. The van der Waals surface area contributed by atoms with Gasteiger partial charge in [0.2, 0.25) is 0 Å². The van der Waals surface area contributed by atoms with Crippen LogP contribution in [0.15, 0.2) is 0 Å². The molecule has 0 aliphatic rings. The van der Waals surface area contributed by atoms with Gasteiger partial charge in [-0.2, -0.15) is 0 Å². The Labute approximate surface area is 77.5 Å². The first-order valence-corrected chi connectivity index (χ1v) is 4.94. The Morgan fingerprint density at radius 1 is 1.00 bits per heavy atom. The van der Waals surface area contributed by atoms with Gasteiger partial charge in [-0.1, -0.05) is 34.6 Å². The van der Waals surface area contributed by atoms with Crippen LogP contribution in [0.4, 0.5) is 0 Å². The van der Waals surface area contributed by atoms with Crippen molar-refractivity contribution >= 4 is 0 Å². The molecule has 0 spiro atoms. The summed E-state index contributed by atoms with van der Waals surface area (Å²) in [5, 5.41) is 0. The summed E-state index contributed by atoms with van der Waals surface area (Å²) in [5.41, 5.74) is 0.473. The summed E-state index contributed by atoms with van der Waals surface area (Å²) in [6.45, 7) is 11.2. The lowest BCUT2D eigenvalue weighted by molar-refractivity contribution is -0.0458. The molecule has 1 heteroatoms. The standard InChI is InChI=1S/C11H24O/c1-7-11(8-2,12-6)9-10(3,4)5/h7-9H2,1-6H3. The average Bonchev–Trinajstić information content (AvgIpc) is 1.99. The molecular formula is C11H24O. The number of hydrogen-bond donors (Lipinski definition) is 0. The molecule has 0 heterocycles. The smallest absolute Gasteiger partial charge is 0.0678 e. The summed E-state index contributed by atoms with van der Waals surface area (Å²) < 4.78 is 5.61. The van der Waals surface area contributed by atoms with Crippen LogP contribution < -0.4 is 0 Å². The van der Waals surface area contributed by atoms with E-state index in [0.717, 1.165) is 19.3 Å². The fraction of sp³-hybridized carbons (Fsp3) is 1.00. The van der Waals surface area contributed by atoms with Crippen LogP contribution in [0.5, 0.6) is 0 Å². The molecule has 0 unspecified atom stereocenters. The van der Waals surface area contributed by atoms with Crippen LogP contribution in [0.2, 0.25) is 0 Å². The van der Waals surface area contributed by atoms with E-state index in [9.17, 15) is 0 Å². The molecule has 0 saturated carbocycles. The normalized spacial score (nSPS) is 13.5. The van der Waals surface area contributed by atoms with Gasteiger partial charge < -0.3 is 4.74 Å². The van der Waals surface area contributed by atoms with Crippen LogP contribution in [-0.4, -0.2) is 12.7 Å². The Kier molecular flexibility index (Phi) is 4.25. The minimum atomic E-state index is 0.109. The van der Waals surface area contributed by atoms with E-state index in [0.29, 0.717) is 5.41 Å². The largest absolute Gasteiger partial charge is 0.378 e. The zero-order chi connectivity index (χ0) is 9.83.